The van der Waals surface area contributed by atoms with E-state index in [1.807, 2.05) is 55.5 Å². The number of nitrogens with one attached hydrogen (secondary N) is 1. The first-order valence-electron chi connectivity index (χ1n) is 11.5. The van der Waals surface area contributed by atoms with E-state index in [1.165, 1.54) is 12.1 Å². The molecule has 0 saturated carbocycles. The molecule has 2 aliphatic rings. The number of nitrogens with zero attached hydrogens (tertiary/aromatic N) is 3. The molecule has 1 unspecified atom stereocenters. The van der Waals surface area contributed by atoms with Crippen molar-refractivity contribution in [1.29, 1.82) is 0 Å². The van der Waals surface area contributed by atoms with Gasteiger partial charge in [-0.15, -0.1) is 0 Å². The zero-order valence-electron chi connectivity index (χ0n) is 19.4. The SMILES string of the molecule is Cc1ccccc1-c1cc2nc(n1)NS(=O)(=O)c1cccc(c1)C(=O)N1Cc3ccccc3C(C1)O2. The Morgan fingerprint density at radius 3 is 2.64 bits per heavy atom. The van der Waals surface area contributed by atoms with E-state index in [-0.39, 0.29) is 28.2 Å². The third-order valence-corrected chi connectivity index (χ3v) is 7.77. The molecule has 6 bridgehead atoms. The summed E-state index contributed by atoms with van der Waals surface area (Å²) in [6.07, 6.45) is -0.494. The fourth-order valence-electron chi connectivity index (χ4n) is 4.65. The summed E-state index contributed by atoms with van der Waals surface area (Å²) < 4.78 is 35.3. The molecule has 0 saturated heterocycles. The fourth-order valence-corrected chi connectivity index (χ4v) is 5.64. The molecule has 3 aromatic carbocycles. The van der Waals surface area contributed by atoms with Gasteiger partial charge in [0.05, 0.1) is 17.1 Å². The standard InChI is InChI=1S/C27H22N4O4S/c1-17-7-2-4-11-21(17)23-14-25-29-27(28-23)30-36(33,34)20-10-6-9-18(13-20)26(32)31-15-19-8-3-5-12-22(19)24(16-31)35-25/h2-14,24H,15-16H2,1H3,(H,28,29,30). The second-order valence-corrected chi connectivity index (χ2v) is 10.5. The van der Waals surface area contributed by atoms with Gasteiger partial charge >= 0.3 is 0 Å². The number of aryl methyl sites for hydroxylation is 1. The summed E-state index contributed by atoms with van der Waals surface area (Å²) in [6, 6.07) is 23.2. The van der Waals surface area contributed by atoms with Crippen LogP contribution in [0.25, 0.3) is 11.3 Å². The number of fused-ring (bicyclic) bond motifs is 8. The van der Waals surface area contributed by atoms with Crippen LogP contribution in [0.3, 0.4) is 0 Å². The molecule has 9 heteroatoms. The summed E-state index contributed by atoms with van der Waals surface area (Å²) in [5.74, 6) is -0.170. The Labute approximate surface area is 208 Å². The van der Waals surface area contributed by atoms with Crippen LogP contribution in [0.4, 0.5) is 5.95 Å². The Morgan fingerprint density at radius 2 is 1.78 bits per heavy atom. The van der Waals surface area contributed by atoms with Gasteiger partial charge in [-0.2, -0.15) is 4.98 Å². The van der Waals surface area contributed by atoms with Gasteiger partial charge < -0.3 is 9.64 Å². The van der Waals surface area contributed by atoms with Crippen molar-refractivity contribution in [2.75, 3.05) is 11.3 Å². The van der Waals surface area contributed by atoms with E-state index in [0.717, 1.165) is 22.3 Å². The summed E-state index contributed by atoms with van der Waals surface area (Å²) >= 11 is 0. The Morgan fingerprint density at radius 1 is 0.972 bits per heavy atom. The molecule has 180 valence electrons. The number of carbonyl (C=O) groups excluding carboxylic acids is 1. The maximum atomic E-state index is 13.4. The van der Waals surface area contributed by atoms with Gasteiger partial charge in [-0.3, -0.25) is 4.79 Å². The first-order valence-corrected chi connectivity index (χ1v) is 13.0. The minimum atomic E-state index is -4.07. The van der Waals surface area contributed by atoms with E-state index in [9.17, 15) is 13.2 Å². The van der Waals surface area contributed by atoms with Crippen molar-refractivity contribution in [2.45, 2.75) is 24.5 Å². The number of aromatic nitrogens is 2. The van der Waals surface area contributed by atoms with Crippen LogP contribution in [-0.2, 0) is 16.6 Å². The molecule has 1 atom stereocenters. The molecule has 1 amide bonds. The number of sulfonamides is 1. The van der Waals surface area contributed by atoms with E-state index >= 15 is 0 Å². The van der Waals surface area contributed by atoms with Gasteiger partial charge in [0.25, 0.3) is 15.9 Å². The summed E-state index contributed by atoms with van der Waals surface area (Å²) in [4.78, 5) is 24.0. The van der Waals surface area contributed by atoms with E-state index in [4.69, 9.17) is 4.74 Å². The summed E-state index contributed by atoms with van der Waals surface area (Å²) in [6.45, 7) is 2.64. The Hall–Kier alpha value is -4.24. The van der Waals surface area contributed by atoms with E-state index in [2.05, 4.69) is 14.7 Å². The molecule has 0 spiro atoms. The highest BCUT2D eigenvalue weighted by molar-refractivity contribution is 7.92. The number of benzene rings is 3. The van der Waals surface area contributed by atoms with Crippen molar-refractivity contribution in [2.24, 2.45) is 0 Å². The van der Waals surface area contributed by atoms with Gasteiger partial charge in [0, 0.05) is 23.7 Å². The van der Waals surface area contributed by atoms with Crippen molar-refractivity contribution < 1.29 is 17.9 Å². The molecule has 4 aromatic rings. The smallest absolute Gasteiger partial charge is 0.264 e. The number of hydrogen-bond acceptors (Lipinski definition) is 6. The second kappa shape index (κ2) is 8.46. The van der Waals surface area contributed by atoms with Crippen LogP contribution < -0.4 is 9.46 Å². The van der Waals surface area contributed by atoms with Crippen LogP contribution in [0.5, 0.6) is 5.88 Å². The Kier molecular flexibility index (Phi) is 5.22. The normalized spacial score (nSPS) is 18.0. The first kappa shape index (κ1) is 22.2. The third kappa shape index (κ3) is 3.97. The quantitative estimate of drug-likeness (QED) is 0.419. The maximum Gasteiger partial charge on any atom is 0.264 e. The average molecular weight is 499 g/mol. The monoisotopic (exact) mass is 498 g/mol. The zero-order chi connectivity index (χ0) is 24.9. The van der Waals surface area contributed by atoms with E-state index in [0.29, 0.717) is 18.8 Å². The Balaban J connectivity index is 1.56. The molecule has 2 aliphatic heterocycles. The van der Waals surface area contributed by atoms with Crippen LogP contribution in [0.1, 0.15) is 33.2 Å². The minimum Gasteiger partial charge on any atom is -0.467 e. The second-order valence-electron chi connectivity index (χ2n) is 8.85. The lowest BCUT2D eigenvalue weighted by Crippen LogP contribution is -2.40. The highest BCUT2D eigenvalue weighted by Gasteiger charge is 2.31. The molecule has 6 rings (SSSR count). The zero-order valence-corrected chi connectivity index (χ0v) is 20.2. The van der Waals surface area contributed by atoms with Gasteiger partial charge in [0.15, 0.2) is 0 Å². The predicted octanol–water partition coefficient (Wildman–Crippen LogP) is 4.34. The minimum absolute atomic E-state index is 0.0473. The maximum absolute atomic E-state index is 13.4. The van der Waals surface area contributed by atoms with Gasteiger partial charge in [0.1, 0.15) is 6.10 Å². The molecular weight excluding hydrogens is 476 g/mol. The number of amides is 1. The van der Waals surface area contributed by atoms with Crippen molar-refractivity contribution in [1.82, 2.24) is 14.9 Å². The van der Waals surface area contributed by atoms with Crippen LogP contribution in [-0.4, -0.2) is 35.7 Å². The van der Waals surface area contributed by atoms with E-state index in [1.54, 1.807) is 23.1 Å². The number of hydrogen-bond donors (Lipinski definition) is 1. The number of anilines is 1. The number of ether oxygens (including phenoxy) is 1. The van der Waals surface area contributed by atoms with Crippen LogP contribution in [0.15, 0.2) is 83.8 Å². The van der Waals surface area contributed by atoms with Crippen LogP contribution >= 0.6 is 0 Å². The molecule has 0 aliphatic carbocycles. The van der Waals surface area contributed by atoms with Crippen molar-refractivity contribution >= 4 is 21.9 Å². The van der Waals surface area contributed by atoms with Gasteiger partial charge in [-0.05, 0) is 41.8 Å². The van der Waals surface area contributed by atoms with Crippen LogP contribution in [0, 0.1) is 6.92 Å². The van der Waals surface area contributed by atoms with Crippen molar-refractivity contribution in [3.63, 3.8) is 0 Å². The van der Waals surface area contributed by atoms with Crippen LogP contribution in [0.2, 0.25) is 0 Å². The average Bonchev–Trinajstić information content (AvgIpc) is 2.88. The number of carbonyl (C=O) groups is 1. The lowest BCUT2D eigenvalue weighted by molar-refractivity contribution is 0.0589. The molecule has 3 heterocycles. The first-order chi connectivity index (χ1) is 17.4. The highest BCUT2D eigenvalue weighted by Crippen LogP contribution is 2.34. The molecule has 1 N–H and O–H groups in total. The molecular formula is C27H22N4O4S. The van der Waals surface area contributed by atoms with Gasteiger partial charge in [0.2, 0.25) is 11.8 Å². The summed E-state index contributed by atoms with van der Waals surface area (Å²) in [5.41, 5.74) is 4.54. The Bertz CT molecular complexity index is 1620. The van der Waals surface area contributed by atoms with Gasteiger partial charge in [-0.25, -0.2) is 18.1 Å². The van der Waals surface area contributed by atoms with E-state index < -0.39 is 16.1 Å². The lowest BCUT2D eigenvalue weighted by atomic mass is 9.96. The largest absolute Gasteiger partial charge is 0.467 e. The fraction of sp³-hybridized carbons (Fsp3) is 0.148. The molecule has 0 radical (unpaired) electrons. The molecule has 8 nitrogen and oxygen atoms in total. The van der Waals surface area contributed by atoms with Crippen molar-refractivity contribution in [3.05, 3.63) is 101 Å². The topological polar surface area (TPSA) is 101 Å². The van der Waals surface area contributed by atoms with Gasteiger partial charge in [-0.1, -0.05) is 54.6 Å². The lowest BCUT2D eigenvalue weighted by Gasteiger charge is -2.34. The summed E-state index contributed by atoms with van der Waals surface area (Å²) in [7, 11) is -4.07. The van der Waals surface area contributed by atoms with Crippen molar-refractivity contribution in [3.8, 4) is 17.1 Å². The predicted molar refractivity (Wildman–Crippen MR) is 134 cm³/mol. The highest BCUT2D eigenvalue weighted by atomic mass is 32.2. The molecule has 1 aromatic heterocycles. The molecule has 36 heavy (non-hydrogen) atoms. The molecule has 0 fully saturated rings. The number of rotatable bonds is 1. The summed E-state index contributed by atoms with van der Waals surface area (Å²) in [5, 5.41) is 0. The third-order valence-electron chi connectivity index (χ3n) is 6.44.